The van der Waals surface area contributed by atoms with E-state index in [0.29, 0.717) is 12.5 Å². The number of hydrogen-bond donors (Lipinski definition) is 0. The molecule has 132 valence electrons. The number of aryl methyl sites for hydroxylation is 2. The van der Waals surface area contributed by atoms with Gasteiger partial charge in [-0.2, -0.15) is 0 Å². The molecule has 1 heterocycles. The average Bonchev–Trinajstić information content (AvgIpc) is 2.95. The summed E-state index contributed by atoms with van der Waals surface area (Å²) in [6, 6.07) is 14.8. The minimum Gasteiger partial charge on any atom is -0.485 e. The summed E-state index contributed by atoms with van der Waals surface area (Å²) >= 11 is 0. The third-order valence-electron chi connectivity index (χ3n) is 4.62. The van der Waals surface area contributed by atoms with Crippen molar-refractivity contribution in [2.45, 2.75) is 59.6 Å². The van der Waals surface area contributed by atoms with E-state index in [1.807, 2.05) is 6.07 Å². The van der Waals surface area contributed by atoms with Gasteiger partial charge in [-0.15, -0.1) is 0 Å². The highest BCUT2D eigenvalue weighted by Crippen LogP contribution is 2.28. The number of aromatic nitrogens is 2. The number of imidazole rings is 1. The quantitative estimate of drug-likeness (QED) is 0.541. The molecule has 0 radical (unpaired) electrons. The van der Waals surface area contributed by atoms with Crippen LogP contribution in [-0.2, 0) is 13.2 Å². The number of hydrogen-bond acceptors (Lipinski definition) is 2. The van der Waals surface area contributed by atoms with Crippen molar-refractivity contribution >= 4 is 11.0 Å². The second kappa shape index (κ2) is 7.73. The molecule has 0 aliphatic rings. The Morgan fingerprint density at radius 3 is 2.68 bits per heavy atom. The number of rotatable bonds is 7. The SMILES string of the molecule is CCCCn1c(COc2cc(C)ccc2C(C)C)nc2ccccc21. The Balaban J connectivity index is 1.89. The first-order valence-electron chi connectivity index (χ1n) is 9.27. The fourth-order valence-electron chi connectivity index (χ4n) is 3.19. The van der Waals surface area contributed by atoms with Crippen molar-refractivity contribution in [2.75, 3.05) is 0 Å². The smallest absolute Gasteiger partial charge is 0.147 e. The van der Waals surface area contributed by atoms with E-state index < -0.39 is 0 Å². The molecule has 0 fully saturated rings. The minimum absolute atomic E-state index is 0.439. The van der Waals surface area contributed by atoms with Gasteiger partial charge in [0.1, 0.15) is 18.2 Å². The highest BCUT2D eigenvalue weighted by molar-refractivity contribution is 5.75. The Morgan fingerprint density at radius 1 is 1.12 bits per heavy atom. The normalized spacial score (nSPS) is 11.4. The predicted molar refractivity (Wildman–Crippen MR) is 104 cm³/mol. The molecule has 2 aromatic carbocycles. The van der Waals surface area contributed by atoms with Gasteiger partial charge in [0.15, 0.2) is 0 Å². The Morgan fingerprint density at radius 2 is 1.92 bits per heavy atom. The molecule has 0 aliphatic heterocycles. The van der Waals surface area contributed by atoms with Crippen LogP contribution in [0.3, 0.4) is 0 Å². The Bertz CT molecular complexity index is 848. The topological polar surface area (TPSA) is 27.1 Å². The number of para-hydroxylation sites is 2. The molecule has 0 unspecified atom stereocenters. The molecule has 0 aliphatic carbocycles. The van der Waals surface area contributed by atoms with E-state index in [2.05, 4.69) is 68.7 Å². The lowest BCUT2D eigenvalue weighted by molar-refractivity contribution is 0.285. The van der Waals surface area contributed by atoms with Crippen LogP contribution in [0.4, 0.5) is 0 Å². The van der Waals surface area contributed by atoms with Crippen molar-refractivity contribution < 1.29 is 4.74 Å². The summed E-state index contributed by atoms with van der Waals surface area (Å²) in [6.07, 6.45) is 2.32. The Kier molecular flexibility index (Phi) is 5.42. The number of ether oxygens (including phenoxy) is 1. The van der Waals surface area contributed by atoms with Crippen LogP contribution < -0.4 is 4.74 Å². The van der Waals surface area contributed by atoms with Gasteiger partial charge >= 0.3 is 0 Å². The van der Waals surface area contributed by atoms with E-state index in [0.717, 1.165) is 30.1 Å². The first-order valence-corrected chi connectivity index (χ1v) is 9.27. The highest BCUT2D eigenvalue weighted by atomic mass is 16.5. The van der Waals surface area contributed by atoms with Crippen LogP contribution in [0.15, 0.2) is 42.5 Å². The molecule has 0 N–H and O–H groups in total. The molecular weight excluding hydrogens is 308 g/mol. The predicted octanol–water partition coefficient (Wildman–Crippen LogP) is 5.85. The fourth-order valence-corrected chi connectivity index (χ4v) is 3.19. The fraction of sp³-hybridized carbons (Fsp3) is 0.409. The molecular formula is C22H28N2O. The van der Waals surface area contributed by atoms with Gasteiger partial charge in [0, 0.05) is 6.54 Å². The van der Waals surface area contributed by atoms with Gasteiger partial charge in [-0.25, -0.2) is 4.98 Å². The molecule has 0 spiro atoms. The van der Waals surface area contributed by atoms with Gasteiger partial charge in [0.2, 0.25) is 0 Å². The van der Waals surface area contributed by atoms with E-state index >= 15 is 0 Å². The number of benzene rings is 2. The van der Waals surface area contributed by atoms with Crippen molar-refractivity contribution in [3.05, 3.63) is 59.4 Å². The van der Waals surface area contributed by atoms with Crippen LogP contribution in [0.1, 0.15) is 56.5 Å². The number of unbranched alkanes of at least 4 members (excludes halogenated alkanes) is 1. The lowest BCUT2D eigenvalue weighted by Gasteiger charge is -2.15. The monoisotopic (exact) mass is 336 g/mol. The maximum Gasteiger partial charge on any atom is 0.147 e. The maximum absolute atomic E-state index is 6.23. The minimum atomic E-state index is 0.439. The molecule has 0 amide bonds. The van der Waals surface area contributed by atoms with Crippen molar-refractivity contribution in [3.8, 4) is 5.75 Å². The van der Waals surface area contributed by atoms with Gasteiger partial charge in [0.05, 0.1) is 11.0 Å². The summed E-state index contributed by atoms with van der Waals surface area (Å²) < 4.78 is 8.54. The first-order chi connectivity index (χ1) is 12.1. The molecule has 0 saturated carbocycles. The molecule has 0 atom stereocenters. The zero-order valence-corrected chi connectivity index (χ0v) is 15.7. The van der Waals surface area contributed by atoms with E-state index in [9.17, 15) is 0 Å². The van der Waals surface area contributed by atoms with Gasteiger partial charge < -0.3 is 9.30 Å². The van der Waals surface area contributed by atoms with Crippen LogP contribution in [-0.4, -0.2) is 9.55 Å². The zero-order chi connectivity index (χ0) is 17.8. The molecule has 1 aromatic heterocycles. The first kappa shape index (κ1) is 17.5. The lowest BCUT2D eigenvalue weighted by atomic mass is 10.0. The molecule has 3 rings (SSSR count). The third-order valence-corrected chi connectivity index (χ3v) is 4.62. The lowest BCUT2D eigenvalue weighted by Crippen LogP contribution is -2.08. The maximum atomic E-state index is 6.23. The van der Waals surface area contributed by atoms with Gasteiger partial charge in [-0.1, -0.05) is 51.5 Å². The van der Waals surface area contributed by atoms with Crippen molar-refractivity contribution in [3.63, 3.8) is 0 Å². The second-order valence-electron chi connectivity index (χ2n) is 7.01. The molecule has 3 heteroatoms. The van der Waals surface area contributed by atoms with Crippen LogP contribution in [0.25, 0.3) is 11.0 Å². The van der Waals surface area contributed by atoms with Gasteiger partial charge in [0.25, 0.3) is 0 Å². The van der Waals surface area contributed by atoms with E-state index in [4.69, 9.17) is 9.72 Å². The van der Waals surface area contributed by atoms with Crippen molar-refractivity contribution in [1.29, 1.82) is 0 Å². The third kappa shape index (κ3) is 3.87. The van der Waals surface area contributed by atoms with Gasteiger partial charge in [-0.05, 0) is 48.6 Å². The Labute approximate surface area is 150 Å². The standard InChI is InChI=1S/C22H28N2O/c1-5-6-13-24-20-10-8-7-9-19(20)23-22(24)15-25-21-14-17(4)11-12-18(21)16(2)3/h7-12,14,16H,5-6,13,15H2,1-4H3. The van der Waals surface area contributed by atoms with E-state index in [-0.39, 0.29) is 0 Å². The molecule has 3 aromatic rings. The number of nitrogens with zero attached hydrogens (tertiary/aromatic N) is 2. The van der Waals surface area contributed by atoms with Crippen LogP contribution in [0.5, 0.6) is 5.75 Å². The molecule has 0 saturated heterocycles. The largest absolute Gasteiger partial charge is 0.485 e. The summed E-state index contributed by atoms with van der Waals surface area (Å²) in [5.41, 5.74) is 4.72. The second-order valence-corrected chi connectivity index (χ2v) is 7.01. The molecule has 3 nitrogen and oxygen atoms in total. The van der Waals surface area contributed by atoms with Gasteiger partial charge in [-0.3, -0.25) is 0 Å². The average molecular weight is 336 g/mol. The number of fused-ring (bicyclic) bond motifs is 1. The van der Waals surface area contributed by atoms with Crippen molar-refractivity contribution in [1.82, 2.24) is 9.55 Å². The van der Waals surface area contributed by atoms with Crippen LogP contribution in [0, 0.1) is 6.92 Å². The van der Waals surface area contributed by atoms with Crippen molar-refractivity contribution in [2.24, 2.45) is 0 Å². The summed E-state index contributed by atoms with van der Waals surface area (Å²) in [5, 5.41) is 0. The Hall–Kier alpha value is -2.29. The summed E-state index contributed by atoms with van der Waals surface area (Å²) in [6.45, 7) is 10.2. The summed E-state index contributed by atoms with van der Waals surface area (Å²) in [7, 11) is 0. The molecule has 0 bridgehead atoms. The summed E-state index contributed by atoms with van der Waals surface area (Å²) in [5.74, 6) is 2.42. The van der Waals surface area contributed by atoms with Crippen LogP contribution >= 0.6 is 0 Å². The summed E-state index contributed by atoms with van der Waals surface area (Å²) in [4.78, 5) is 4.82. The van der Waals surface area contributed by atoms with E-state index in [1.54, 1.807) is 0 Å². The zero-order valence-electron chi connectivity index (χ0n) is 15.7. The molecule has 25 heavy (non-hydrogen) atoms. The van der Waals surface area contributed by atoms with Crippen LogP contribution in [0.2, 0.25) is 0 Å². The van der Waals surface area contributed by atoms with E-state index in [1.165, 1.54) is 23.1 Å². The highest BCUT2D eigenvalue weighted by Gasteiger charge is 2.13.